The zero-order valence-corrected chi connectivity index (χ0v) is 29.0. The summed E-state index contributed by atoms with van der Waals surface area (Å²) < 4.78 is 8.77. The summed E-state index contributed by atoms with van der Waals surface area (Å²) in [6.45, 7) is 8.01. The molecule has 48 heavy (non-hydrogen) atoms. The van der Waals surface area contributed by atoms with E-state index in [9.17, 15) is 4.79 Å². The van der Waals surface area contributed by atoms with Crippen molar-refractivity contribution >= 4 is 28.9 Å². The number of aliphatic imine (C=N–C) groups is 1. The first-order valence-corrected chi connectivity index (χ1v) is 17.0. The number of nitrogens with one attached hydrogen (secondary N) is 3. The number of urea groups is 1. The van der Waals surface area contributed by atoms with E-state index >= 15 is 0 Å². The normalized spacial score (nSPS) is 19.3. The van der Waals surface area contributed by atoms with E-state index in [0.29, 0.717) is 18.0 Å². The van der Waals surface area contributed by atoms with Gasteiger partial charge in [-0.05, 0) is 87.5 Å². The number of hydrogen-bond acceptors (Lipinski definition) is 7. The molecule has 10 nitrogen and oxygen atoms in total. The fraction of sp³-hybridized carbons (Fsp3) is 0.447. The van der Waals surface area contributed by atoms with E-state index in [1.54, 1.807) is 0 Å². The number of aryl methyl sites for hydroxylation is 1. The maximum atomic E-state index is 13.5. The van der Waals surface area contributed by atoms with Gasteiger partial charge in [0.25, 0.3) is 0 Å². The average molecular weight is 649 g/mol. The molecule has 10 heteroatoms. The summed E-state index contributed by atoms with van der Waals surface area (Å²) in [6, 6.07) is 19.4. The third-order valence-corrected chi connectivity index (χ3v) is 9.90. The summed E-state index contributed by atoms with van der Waals surface area (Å²) in [5, 5.41) is 23.9. The van der Waals surface area contributed by atoms with Crippen LogP contribution in [0.1, 0.15) is 100 Å². The van der Waals surface area contributed by atoms with Crippen LogP contribution in [-0.2, 0) is 5.54 Å². The maximum Gasteiger partial charge on any atom is 0.320 e. The molecule has 2 amide bonds. The molecule has 2 atom stereocenters. The molecule has 3 N–H and O–H groups in total. The van der Waals surface area contributed by atoms with Gasteiger partial charge in [0, 0.05) is 12.1 Å². The van der Waals surface area contributed by atoms with Gasteiger partial charge in [0.1, 0.15) is 17.7 Å². The first-order chi connectivity index (χ1) is 22.9. The van der Waals surface area contributed by atoms with Gasteiger partial charge in [0.05, 0.1) is 23.5 Å². The number of amides is 2. The van der Waals surface area contributed by atoms with Crippen molar-refractivity contribution in [3.8, 4) is 5.75 Å². The van der Waals surface area contributed by atoms with Crippen molar-refractivity contribution in [1.29, 1.82) is 5.41 Å². The maximum absolute atomic E-state index is 13.5. The first kappa shape index (κ1) is 33.3. The fourth-order valence-electron chi connectivity index (χ4n) is 6.92. The van der Waals surface area contributed by atoms with Crippen LogP contribution in [0.25, 0.3) is 5.65 Å². The van der Waals surface area contributed by atoms with Gasteiger partial charge in [-0.2, -0.15) is 0 Å². The number of rotatable bonds is 8. The number of nitrogens with zero attached hydrogens (tertiary/aromatic N) is 5. The lowest BCUT2D eigenvalue weighted by Crippen LogP contribution is -2.43. The lowest BCUT2D eigenvalue weighted by molar-refractivity contribution is 0.145. The Morgan fingerprint density at radius 1 is 1.02 bits per heavy atom. The van der Waals surface area contributed by atoms with E-state index in [1.165, 1.54) is 12.8 Å². The second-order valence-electron chi connectivity index (χ2n) is 14.5. The van der Waals surface area contributed by atoms with Crippen LogP contribution >= 0.6 is 0 Å². The molecule has 2 unspecified atom stereocenters. The van der Waals surface area contributed by atoms with E-state index in [-0.39, 0.29) is 35.6 Å². The Balaban J connectivity index is 1.19. The Kier molecular flexibility index (Phi) is 9.38. The molecule has 2 aliphatic carbocycles. The highest BCUT2D eigenvalue weighted by molar-refractivity contribution is 6.09. The van der Waals surface area contributed by atoms with Crippen LogP contribution in [-0.4, -0.2) is 51.2 Å². The summed E-state index contributed by atoms with van der Waals surface area (Å²) in [6.07, 6.45) is 8.02. The van der Waals surface area contributed by atoms with E-state index < -0.39 is 0 Å². The van der Waals surface area contributed by atoms with Crippen LogP contribution in [0.2, 0.25) is 0 Å². The zero-order chi connectivity index (χ0) is 34.1. The van der Waals surface area contributed by atoms with Gasteiger partial charge in [-0.25, -0.2) is 9.79 Å². The molecule has 0 aliphatic heterocycles. The number of carbonyl (C=O) groups is 1. The molecular weight excluding hydrogens is 600 g/mol. The van der Waals surface area contributed by atoms with Gasteiger partial charge in [-0.1, -0.05) is 75.6 Å². The van der Waals surface area contributed by atoms with Crippen LogP contribution in [0.15, 0.2) is 71.9 Å². The third-order valence-electron chi connectivity index (χ3n) is 9.90. The molecule has 252 valence electrons. The predicted octanol–water partition coefficient (Wildman–Crippen LogP) is 7.81. The topological polar surface area (TPSA) is 120 Å². The van der Waals surface area contributed by atoms with Gasteiger partial charge in [0.2, 0.25) is 0 Å². The van der Waals surface area contributed by atoms with Crippen molar-refractivity contribution in [2.24, 2.45) is 10.4 Å². The van der Waals surface area contributed by atoms with Crippen molar-refractivity contribution in [3.63, 3.8) is 0 Å². The zero-order valence-electron chi connectivity index (χ0n) is 29.0. The van der Waals surface area contributed by atoms with Gasteiger partial charge in [0.15, 0.2) is 11.5 Å². The highest BCUT2D eigenvalue weighted by Gasteiger charge is 2.42. The van der Waals surface area contributed by atoms with E-state index in [4.69, 9.17) is 15.1 Å². The molecule has 2 aromatic heterocycles. The van der Waals surface area contributed by atoms with Gasteiger partial charge >= 0.3 is 6.03 Å². The minimum absolute atomic E-state index is 0.132. The second kappa shape index (κ2) is 13.5. The summed E-state index contributed by atoms with van der Waals surface area (Å²) in [7, 11) is 4.26. The molecule has 2 aliphatic rings. The second-order valence-corrected chi connectivity index (χ2v) is 14.5. The van der Waals surface area contributed by atoms with E-state index in [0.717, 1.165) is 58.9 Å². The third kappa shape index (κ3) is 6.99. The Morgan fingerprint density at radius 2 is 1.73 bits per heavy atom. The molecule has 0 saturated heterocycles. The van der Waals surface area contributed by atoms with Crippen LogP contribution in [0.4, 0.5) is 10.5 Å². The quantitative estimate of drug-likeness (QED) is 0.133. The van der Waals surface area contributed by atoms with Gasteiger partial charge in [-0.15, -0.1) is 10.2 Å². The molecule has 1 saturated carbocycles. The summed E-state index contributed by atoms with van der Waals surface area (Å²) in [5.74, 6) is 2.17. The molecule has 4 aromatic rings. The van der Waals surface area contributed by atoms with Gasteiger partial charge < -0.3 is 15.5 Å². The number of benzene rings is 2. The number of fused-ring (bicyclic) bond motifs is 2. The van der Waals surface area contributed by atoms with Crippen molar-refractivity contribution in [2.45, 2.75) is 90.3 Å². The lowest BCUT2D eigenvalue weighted by Gasteiger charge is -2.34. The fourth-order valence-corrected chi connectivity index (χ4v) is 6.92. The lowest BCUT2D eigenvalue weighted by atomic mass is 9.85. The highest BCUT2D eigenvalue weighted by atomic mass is 16.5. The average Bonchev–Trinajstić information content (AvgIpc) is 3.71. The van der Waals surface area contributed by atoms with Crippen LogP contribution in [0, 0.1) is 17.7 Å². The Morgan fingerprint density at radius 3 is 2.42 bits per heavy atom. The largest absolute Gasteiger partial charge is 0.484 e. The molecule has 2 aromatic carbocycles. The van der Waals surface area contributed by atoms with Crippen LogP contribution < -0.4 is 15.4 Å². The first-order valence-electron chi connectivity index (χ1n) is 17.0. The monoisotopic (exact) mass is 648 g/mol. The Labute approximate surface area is 283 Å². The van der Waals surface area contributed by atoms with E-state index in [2.05, 4.69) is 56.4 Å². The Bertz CT molecular complexity index is 1810. The predicted molar refractivity (Wildman–Crippen MR) is 190 cm³/mol. The van der Waals surface area contributed by atoms with Gasteiger partial charge in [-0.3, -0.25) is 14.6 Å². The number of amidine groups is 1. The molecular formula is C38H48N8O2. The molecule has 0 radical (unpaired) electrons. The molecule has 2 heterocycles. The van der Waals surface area contributed by atoms with Crippen LogP contribution in [0.5, 0.6) is 5.75 Å². The number of hydrogen-bond donors (Lipinski definition) is 3. The van der Waals surface area contributed by atoms with Crippen molar-refractivity contribution < 1.29 is 9.53 Å². The Hall–Kier alpha value is -4.57. The van der Waals surface area contributed by atoms with Crippen molar-refractivity contribution in [3.05, 3.63) is 89.4 Å². The number of carbonyl (C=O) groups excluding carboxylic acids is 1. The highest BCUT2D eigenvalue weighted by Crippen LogP contribution is 2.43. The van der Waals surface area contributed by atoms with E-state index in [1.807, 2.05) is 82.4 Å². The molecule has 0 spiro atoms. The smallest absolute Gasteiger partial charge is 0.320 e. The molecule has 1 fully saturated rings. The molecule has 6 rings (SSSR count). The molecule has 0 bridgehead atoms. The number of pyridine rings is 1. The number of ether oxygens (including phenoxy) is 1. The number of aromatic nitrogens is 3. The summed E-state index contributed by atoms with van der Waals surface area (Å²) in [4.78, 5) is 20.5. The van der Waals surface area contributed by atoms with Crippen LogP contribution in [0.3, 0.4) is 0 Å². The SMILES string of the molecule is Cc1ccc(N=C(CC(=N)C(C)(C)C)NC(=O)NC2CCC(Oc3ccc4nnc(C5(N(C)C)CCCC5)n4c3)c3ccccc32)cc1. The summed E-state index contributed by atoms with van der Waals surface area (Å²) >= 11 is 0. The van der Waals surface area contributed by atoms with Crippen molar-refractivity contribution in [1.82, 2.24) is 30.1 Å². The van der Waals surface area contributed by atoms with Crippen molar-refractivity contribution in [2.75, 3.05) is 14.1 Å². The standard InChI is InChI=1S/C38H48N8O2/c1-25-13-15-26(16-14-25)40-33(23-32(39)37(2,3)4)42-36(47)41-30-18-19-31(29-12-8-7-11-28(29)30)48-27-17-20-34-43-44-35(46(34)24-27)38(45(5)6)21-9-10-22-38/h7-8,11-17,20,24,30-31,39H,9-10,18-19,21-23H2,1-6H3,(H2,40,41,42,47). The minimum atomic E-state index is -0.339. The minimum Gasteiger partial charge on any atom is -0.484 e. The summed E-state index contributed by atoms with van der Waals surface area (Å²) in [5.41, 5.74) is 4.79.